The summed E-state index contributed by atoms with van der Waals surface area (Å²) in [6, 6.07) is 21.9. The molecule has 0 aliphatic carbocycles. The number of aromatic nitrogens is 2. The van der Waals surface area contributed by atoms with Crippen molar-refractivity contribution in [3.63, 3.8) is 0 Å². The number of hydrogen-bond acceptors (Lipinski definition) is 10. The molecule has 14 nitrogen and oxygen atoms in total. The van der Waals surface area contributed by atoms with Gasteiger partial charge in [0.15, 0.2) is 5.75 Å². The molecule has 0 saturated carbocycles. The molecule has 2 heterocycles. The average molecular weight is 715 g/mol. The number of amides is 4. The third kappa shape index (κ3) is 8.98. The lowest BCUT2D eigenvalue weighted by atomic mass is 10.1. The Morgan fingerprint density at radius 1 is 0.925 bits per heavy atom. The summed E-state index contributed by atoms with van der Waals surface area (Å²) in [5.41, 5.74) is 2.59. The van der Waals surface area contributed by atoms with E-state index in [4.69, 9.17) is 20.6 Å². The Morgan fingerprint density at radius 3 is 2.49 bits per heavy atom. The largest absolute Gasteiger partial charge is 0.494 e. The van der Waals surface area contributed by atoms with Crippen molar-refractivity contribution in [2.75, 3.05) is 69.5 Å². The zero-order valence-electron chi connectivity index (χ0n) is 29.2. The highest BCUT2D eigenvalue weighted by molar-refractivity contribution is 6.09. The van der Waals surface area contributed by atoms with Crippen LogP contribution >= 0.6 is 0 Å². The molecule has 270 valence electrons. The normalized spacial score (nSPS) is 12.6. The first kappa shape index (κ1) is 36.1. The van der Waals surface area contributed by atoms with E-state index < -0.39 is 6.03 Å². The van der Waals surface area contributed by atoms with Gasteiger partial charge in [-0.15, -0.1) is 6.42 Å². The van der Waals surface area contributed by atoms with Crippen LogP contribution < -0.4 is 36.1 Å². The number of urea groups is 1. The van der Waals surface area contributed by atoms with Gasteiger partial charge in [-0.1, -0.05) is 36.3 Å². The molecule has 5 N–H and O–H groups in total. The molecule has 4 aromatic carbocycles. The van der Waals surface area contributed by atoms with Gasteiger partial charge in [-0.2, -0.15) is 4.98 Å². The maximum Gasteiger partial charge on any atom is 0.323 e. The third-order valence-electron chi connectivity index (χ3n) is 8.35. The van der Waals surface area contributed by atoms with Gasteiger partial charge in [0.05, 0.1) is 37.3 Å². The van der Waals surface area contributed by atoms with Gasteiger partial charge in [-0.3, -0.25) is 14.5 Å². The van der Waals surface area contributed by atoms with E-state index in [-0.39, 0.29) is 35.0 Å². The minimum Gasteiger partial charge on any atom is -0.494 e. The van der Waals surface area contributed by atoms with E-state index in [1.54, 1.807) is 60.8 Å². The van der Waals surface area contributed by atoms with E-state index in [0.717, 1.165) is 19.6 Å². The molecule has 1 saturated heterocycles. The van der Waals surface area contributed by atoms with Crippen LogP contribution in [0.15, 0.2) is 85.1 Å². The van der Waals surface area contributed by atoms with Gasteiger partial charge in [0.1, 0.15) is 5.75 Å². The quantitative estimate of drug-likeness (QED) is 0.108. The number of terminal acetylenes is 1. The summed E-state index contributed by atoms with van der Waals surface area (Å²) in [6.45, 7) is 4.29. The number of carbonyl (C=O) groups is 3. The summed E-state index contributed by atoms with van der Waals surface area (Å²) in [6.07, 6.45) is 7.26. The average Bonchev–Trinajstić information content (AvgIpc) is 3.18. The van der Waals surface area contributed by atoms with E-state index in [9.17, 15) is 14.4 Å². The van der Waals surface area contributed by atoms with Crippen molar-refractivity contribution in [3.8, 4) is 29.7 Å². The molecule has 0 bridgehead atoms. The maximum atomic E-state index is 13.1. The number of fused-ring (bicyclic) bond motifs is 1. The predicted molar refractivity (Wildman–Crippen MR) is 202 cm³/mol. The fourth-order valence-corrected chi connectivity index (χ4v) is 5.78. The first-order valence-electron chi connectivity index (χ1n) is 16.8. The number of hydrogen-bond donors (Lipinski definition) is 5. The SMILES string of the molecule is C#Cc1cc(Nc2nccc(Oc3ccc(NC(=O)Nc4cccc(C(=O)NC)c4OC)c4ccccc34)n2)cc(C(=O)NCCN2CCOCC2)c1. The Hall–Kier alpha value is -6.69. The van der Waals surface area contributed by atoms with Gasteiger partial charge in [0.2, 0.25) is 11.8 Å². The second-order valence-electron chi connectivity index (χ2n) is 11.8. The number of nitrogens with one attached hydrogen (secondary N) is 5. The highest BCUT2D eigenvalue weighted by atomic mass is 16.5. The number of ether oxygens (including phenoxy) is 3. The summed E-state index contributed by atoms with van der Waals surface area (Å²) in [7, 11) is 2.94. The number of benzene rings is 4. The van der Waals surface area contributed by atoms with Crippen molar-refractivity contribution < 1.29 is 28.6 Å². The molecule has 4 amide bonds. The van der Waals surface area contributed by atoms with Gasteiger partial charge in [-0.25, -0.2) is 9.78 Å². The Labute approximate surface area is 306 Å². The molecule has 53 heavy (non-hydrogen) atoms. The number of anilines is 4. The molecule has 14 heteroatoms. The van der Waals surface area contributed by atoms with Crippen LogP contribution in [0.1, 0.15) is 26.3 Å². The third-order valence-corrected chi connectivity index (χ3v) is 8.35. The molecular weight excluding hydrogens is 676 g/mol. The van der Waals surface area contributed by atoms with Crippen molar-refractivity contribution >= 4 is 51.6 Å². The molecule has 1 aliphatic rings. The Balaban J connectivity index is 1.15. The van der Waals surface area contributed by atoms with Crippen LogP contribution in [0.25, 0.3) is 10.8 Å². The minimum atomic E-state index is -0.537. The van der Waals surface area contributed by atoms with Gasteiger partial charge >= 0.3 is 6.03 Å². The van der Waals surface area contributed by atoms with E-state index in [0.29, 0.717) is 64.5 Å². The van der Waals surface area contributed by atoms with Crippen molar-refractivity contribution in [1.29, 1.82) is 0 Å². The van der Waals surface area contributed by atoms with Crippen LogP contribution in [0.4, 0.5) is 27.8 Å². The molecular formula is C39H38N8O6. The van der Waals surface area contributed by atoms with Gasteiger partial charge in [0, 0.05) is 73.1 Å². The van der Waals surface area contributed by atoms with Crippen LogP contribution in [-0.2, 0) is 4.74 Å². The summed E-state index contributed by atoms with van der Waals surface area (Å²) in [4.78, 5) is 49.5. The number of morpholine rings is 1. The van der Waals surface area contributed by atoms with Crippen LogP contribution in [0.5, 0.6) is 17.4 Å². The lowest BCUT2D eigenvalue weighted by Gasteiger charge is -2.26. The molecule has 0 radical (unpaired) electrons. The van der Waals surface area contributed by atoms with Gasteiger partial charge in [0.25, 0.3) is 11.8 Å². The van der Waals surface area contributed by atoms with Crippen molar-refractivity contribution in [1.82, 2.24) is 25.5 Å². The van der Waals surface area contributed by atoms with Crippen molar-refractivity contribution in [3.05, 3.63) is 102 Å². The Bertz CT molecular complexity index is 2180. The first-order valence-corrected chi connectivity index (χ1v) is 16.8. The standard InChI is InChI=1S/C39H38N8O6/c1-4-25-22-26(36(48)41-16-17-47-18-20-52-21-19-47)24-27(23-25)43-38-42-15-14-34(46-38)53-33-13-12-31(28-8-5-6-9-29(28)33)44-39(50)45-32-11-7-10-30(35(32)51-3)37(49)40-2/h1,5-15,22-24H,16-21H2,2-3H3,(H,40,49)(H,41,48)(H,42,43,46)(H2,44,45,50). The fourth-order valence-electron chi connectivity index (χ4n) is 5.78. The second kappa shape index (κ2) is 17.0. The lowest BCUT2D eigenvalue weighted by molar-refractivity contribution is 0.0383. The van der Waals surface area contributed by atoms with E-state index >= 15 is 0 Å². The maximum absolute atomic E-state index is 13.1. The molecule has 0 unspecified atom stereocenters. The topological polar surface area (TPSA) is 168 Å². The molecule has 0 spiro atoms. The zero-order chi connectivity index (χ0) is 37.2. The summed E-state index contributed by atoms with van der Waals surface area (Å²) in [5.74, 6) is 3.22. The van der Waals surface area contributed by atoms with Crippen LogP contribution in [-0.4, -0.2) is 86.3 Å². The lowest BCUT2D eigenvalue weighted by Crippen LogP contribution is -2.41. The fraction of sp³-hybridized carbons (Fsp3) is 0.205. The number of rotatable bonds is 12. The molecule has 1 fully saturated rings. The van der Waals surface area contributed by atoms with Crippen molar-refractivity contribution in [2.45, 2.75) is 0 Å². The second-order valence-corrected chi connectivity index (χ2v) is 11.8. The summed E-state index contributed by atoms with van der Waals surface area (Å²) < 4.78 is 17.0. The van der Waals surface area contributed by atoms with Gasteiger partial charge in [-0.05, 0) is 42.5 Å². The first-order chi connectivity index (χ1) is 25.8. The Kier molecular flexibility index (Phi) is 11.6. The highest BCUT2D eigenvalue weighted by Crippen LogP contribution is 2.35. The molecule has 5 aromatic rings. The number of nitrogens with zero attached hydrogens (tertiary/aromatic N) is 3. The Morgan fingerprint density at radius 2 is 1.72 bits per heavy atom. The minimum absolute atomic E-state index is 0.227. The molecule has 6 rings (SSSR count). The van der Waals surface area contributed by atoms with Crippen LogP contribution in [0.2, 0.25) is 0 Å². The smallest absolute Gasteiger partial charge is 0.323 e. The van der Waals surface area contributed by atoms with Crippen molar-refractivity contribution in [2.24, 2.45) is 0 Å². The van der Waals surface area contributed by atoms with Crippen LogP contribution in [0, 0.1) is 12.3 Å². The van der Waals surface area contributed by atoms with E-state index in [1.165, 1.54) is 14.2 Å². The van der Waals surface area contributed by atoms with E-state index in [1.807, 2.05) is 24.3 Å². The molecule has 1 aliphatic heterocycles. The summed E-state index contributed by atoms with van der Waals surface area (Å²) >= 11 is 0. The highest BCUT2D eigenvalue weighted by Gasteiger charge is 2.18. The summed E-state index contributed by atoms with van der Waals surface area (Å²) in [5, 5.41) is 15.7. The molecule has 0 atom stereocenters. The number of carbonyl (C=O) groups excluding carboxylic acids is 3. The zero-order valence-corrected chi connectivity index (χ0v) is 29.2. The van der Waals surface area contributed by atoms with Gasteiger partial charge < -0.3 is 40.8 Å². The molecule has 1 aromatic heterocycles. The number of para-hydroxylation sites is 1. The van der Waals surface area contributed by atoms with E-state index in [2.05, 4.69) is 47.4 Å². The number of methoxy groups -OCH3 is 1. The van der Waals surface area contributed by atoms with Crippen LogP contribution in [0.3, 0.4) is 0 Å². The predicted octanol–water partition coefficient (Wildman–Crippen LogP) is 5.22. The monoisotopic (exact) mass is 714 g/mol.